The van der Waals surface area contributed by atoms with Crippen LogP contribution < -0.4 is 10.1 Å². The van der Waals surface area contributed by atoms with Crippen molar-refractivity contribution in [3.8, 4) is 5.75 Å². The molecule has 0 heterocycles. The van der Waals surface area contributed by atoms with Crippen molar-refractivity contribution < 1.29 is 14.6 Å². The number of carbonyl (C=O) groups is 1. The molecule has 110 valence electrons. The molecule has 20 heavy (non-hydrogen) atoms. The standard InChI is InChI=1S/C16H23NO3/c1-20-14-6-4-13(5-7-14)8-11-17-15(18)12-16(19)9-2-3-10-16/h4-7,19H,2-3,8-12H2,1H3,(H,17,18). The summed E-state index contributed by atoms with van der Waals surface area (Å²) in [5.74, 6) is 0.782. The summed E-state index contributed by atoms with van der Waals surface area (Å²) >= 11 is 0. The zero-order chi connectivity index (χ0) is 14.4. The smallest absolute Gasteiger partial charge is 0.222 e. The van der Waals surface area contributed by atoms with Gasteiger partial charge in [0.05, 0.1) is 19.1 Å². The van der Waals surface area contributed by atoms with Crippen molar-refractivity contribution in [3.05, 3.63) is 29.8 Å². The number of carbonyl (C=O) groups excluding carboxylic acids is 1. The van der Waals surface area contributed by atoms with E-state index in [2.05, 4.69) is 5.32 Å². The summed E-state index contributed by atoms with van der Waals surface area (Å²) in [4.78, 5) is 11.8. The minimum absolute atomic E-state index is 0.0529. The maximum Gasteiger partial charge on any atom is 0.222 e. The monoisotopic (exact) mass is 277 g/mol. The number of hydrogen-bond acceptors (Lipinski definition) is 3. The van der Waals surface area contributed by atoms with Gasteiger partial charge >= 0.3 is 0 Å². The highest BCUT2D eigenvalue weighted by Crippen LogP contribution is 2.32. The van der Waals surface area contributed by atoms with Gasteiger partial charge in [0.25, 0.3) is 0 Å². The fourth-order valence-electron chi connectivity index (χ4n) is 2.71. The second kappa shape index (κ2) is 6.75. The fourth-order valence-corrected chi connectivity index (χ4v) is 2.71. The van der Waals surface area contributed by atoms with Gasteiger partial charge in [-0.15, -0.1) is 0 Å². The molecule has 0 bridgehead atoms. The Hall–Kier alpha value is -1.55. The van der Waals surface area contributed by atoms with Crippen LogP contribution in [0.1, 0.15) is 37.7 Å². The van der Waals surface area contributed by atoms with E-state index in [0.717, 1.165) is 43.4 Å². The number of aliphatic hydroxyl groups is 1. The predicted octanol–water partition coefficient (Wildman–Crippen LogP) is 2.05. The van der Waals surface area contributed by atoms with E-state index >= 15 is 0 Å². The summed E-state index contributed by atoms with van der Waals surface area (Å²) in [7, 11) is 1.64. The summed E-state index contributed by atoms with van der Waals surface area (Å²) in [6, 6.07) is 7.82. The highest BCUT2D eigenvalue weighted by Gasteiger charge is 2.33. The summed E-state index contributed by atoms with van der Waals surface area (Å²) < 4.78 is 5.10. The first-order valence-corrected chi connectivity index (χ1v) is 7.23. The van der Waals surface area contributed by atoms with Crippen LogP contribution in [0.4, 0.5) is 0 Å². The van der Waals surface area contributed by atoms with Crippen LogP contribution in [0.5, 0.6) is 5.75 Å². The molecule has 1 aromatic carbocycles. The third kappa shape index (κ3) is 4.23. The van der Waals surface area contributed by atoms with Crippen LogP contribution >= 0.6 is 0 Å². The van der Waals surface area contributed by atoms with E-state index in [-0.39, 0.29) is 12.3 Å². The van der Waals surface area contributed by atoms with Crippen molar-refractivity contribution in [2.45, 2.75) is 44.1 Å². The molecule has 4 nitrogen and oxygen atoms in total. The van der Waals surface area contributed by atoms with Crippen molar-refractivity contribution in [2.24, 2.45) is 0 Å². The molecule has 0 spiro atoms. The molecule has 1 fully saturated rings. The minimum atomic E-state index is -0.760. The summed E-state index contributed by atoms with van der Waals surface area (Å²) in [6.07, 6.45) is 4.56. The maximum atomic E-state index is 11.8. The van der Waals surface area contributed by atoms with Crippen molar-refractivity contribution in [3.63, 3.8) is 0 Å². The van der Waals surface area contributed by atoms with Gasteiger partial charge in [0, 0.05) is 6.54 Å². The average Bonchev–Trinajstić information content (AvgIpc) is 2.86. The summed E-state index contributed by atoms with van der Waals surface area (Å²) in [6.45, 7) is 0.598. The van der Waals surface area contributed by atoms with Crippen LogP contribution in [-0.2, 0) is 11.2 Å². The molecular weight excluding hydrogens is 254 g/mol. The molecule has 2 rings (SSSR count). The molecule has 1 aliphatic rings. The van der Waals surface area contributed by atoms with Crippen LogP contribution in [-0.4, -0.2) is 30.3 Å². The van der Waals surface area contributed by atoms with Crippen LogP contribution in [0, 0.1) is 0 Å². The Balaban J connectivity index is 1.70. The van der Waals surface area contributed by atoms with Gasteiger partial charge in [-0.25, -0.2) is 0 Å². The molecule has 0 aliphatic heterocycles. The van der Waals surface area contributed by atoms with Gasteiger partial charge in [-0.05, 0) is 37.0 Å². The van der Waals surface area contributed by atoms with Crippen LogP contribution in [0.2, 0.25) is 0 Å². The fraction of sp³-hybridized carbons (Fsp3) is 0.562. The number of benzene rings is 1. The molecule has 0 saturated heterocycles. The van der Waals surface area contributed by atoms with Gasteiger partial charge in [-0.3, -0.25) is 4.79 Å². The average molecular weight is 277 g/mol. The Bertz CT molecular complexity index is 436. The predicted molar refractivity (Wildman–Crippen MR) is 77.7 cm³/mol. The Morgan fingerprint density at radius 3 is 2.55 bits per heavy atom. The molecule has 1 amide bonds. The first-order valence-electron chi connectivity index (χ1n) is 7.23. The number of rotatable bonds is 6. The zero-order valence-electron chi connectivity index (χ0n) is 12.0. The number of amides is 1. The Kier molecular flexibility index (Phi) is 5.01. The molecule has 0 radical (unpaired) electrons. The van der Waals surface area contributed by atoms with Gasteiger partial charge in [-0.2, -0.15) is 0 Å². The lowest BCUT2D eigenvalue weighted by molar-refractivity contribution is -0.125. The van der Waals surface area contributed by atoms with Crippen LogP contribution in [0.3, 0.4) is 0 Å². The molecule has 4 heteroatoms. The van der Waals surface area contributed by atoms with E-state index in [1.807, 2.05) is 24.3 Å². The molecule has 2 N–H and O–H groups in total. The second-order valence-electron chi connectivity index (χ2n) is 5.56. The van der Waals surface area contributed by atoms with Crippen molar-refractivity contribution in [1.82, 2.24) is 5.32 Å². The molecule has 1 saturated carbocycles. The summed E-state index contributed by atoms with van der Waals surface area (Å²) in [5.41, 5.74) is 0.398. The van der Waals surface area contributed by atoms with Gasteiger partial charge in [0.2, 0.25) is 5.91 Å². The molecule has 1 aliphatic carbocycles. The van der Waals surface area contributed by atoms with Crippen molar-refractivity contribution in [1.29, 1.82) is 0 Å². The van der Waals surface area contributed by atoms with Gasteiger partial charge in [-0.1, -0.05) is 25.0 Å². The van der Waals surface area contributed by atoms with Gasteiger partial charge in [0.15, 0.2) is 0 Å². The molecule has 0 unspecified atom stereocenters. The molecule has 0 aromatic heterocycles. The van der Waals surface area contributed by atoms with Crippen molar-refractivity contribution in [2.75, 3.05) is 13.7 Å². The highest BCUT2D eigenvalue weighted by molar-refractivity contribution is 5.77. The van der Waals surface area contributed by atoms with E-state index in [1.54, 1.807) is 7.11 Å². The first kappa shape index (κ1) is 14.9. The third-order valence-electron chi connectivity index (χ3n) is 3.92. The van der Waals surface area contributed by atoms with E-state index < -0.39 is 5.60 Å². The number of methoxy groups -OCH3 is 1. The zero-order valence-corrected chi connectivity index (χ0v) is 12.0. The molecule has 0 atom stereocenters. The van der Waals surface area contributed by atoms with E-state index in [4.69, 9.17) is 4.74 Å². The Morgan fingerprint density at radius 2 is 1.95 bits per heavy atom. The summed E-state index contributed by atoms with van der Waals surface area (Å²) in [5, 5.41) is 13.0. The number of hydrogen-bond donors (Lipinski definition) is 2. The van der Waals surface area contributed by atoms with Crippen molar-refractivity contribution >= 4 is 5.91 Å². The van der Waals surface area contributed by atoms with E-state index in [0.29, 0.717) is 6.54 Å². The third-order valence-corrected chi connectivity index (χ3v) is 3.92. The van der Waals surface area contributed by atoms with Crippen LogP contribution in [0.15, 0.2) is 24.3 Å². The van der Waals surface area contributed by atoms with Crippen LogP contribution in [0.25, 0.3) is 0 Å². The first-order chi connectivity index (χ1) is 9.61. The second-order valence-corrected chi connectivity index (χ2v) is 5.56. The lowest BCUT2D eigenvalue weighted by atomic mass is 9.97. The minimum Gasteiger partial charge on any atom is -0.497 e. The molecule has 1 aromatic rings. The highest BCUT2D eigenvalue weighted by atomic mass is 16.5. The quantitative estimate of drug-likeness (QED) is 0.836. The maximum absolute atomic E-state index is 11.8. The topological polar surface area (TPSA) is 58.6 Å². The van der Waals surface area contributed by atoms with E-state index in [9.17, 15) is 9.90 Å². The lowest BCUT2D eigenvalue weighted by Gasteiger charge is -2.21. The SMILES string of the molecule is COc1ccc(CCNC(=O)CC2(O)CCCC2)cc1. The lowest BCUT2D eigenvalue weighted by Crippen LogP contribution is -2.35. The largest absolute Gasteiger partial charge is 0.497 e. The number of ether oxygens (including phenoxy) is 1. The normalized spacial score (nSPS) is 16.9. The number of nitrogens with one attached hydrogen (secondary N) is 1. The molecular formula is C16H23NO3. The van der Waals surface area contributed by atoms with Gasteiger partial charge < -0.3 is 15.2 Å². The van der Waals surface area contributed by atoms with Gasteiger partial charge in [0.1, 0.15) is 5.75 Å². The Morgan fingerprint density at radius 1 is 1.30 bits per heavy atom. The Labute approximate surface area is 120 Å². The van der Waals surface area contributed by atoms with E-state index in [1.165, 1.54) is 0 Å².